The number of aromatic nitrogens is 3. The number of nitrogens with zero attached hydrogens (tertiary/aromatic N) is 5. The minimum atomic E-state index is -3.73. The third kappa shape index (κ3) is 4.12. The largest absolute Gasteiger partial charge is 0.375 e. The lowest BCUT2D eigenvalue weighted by Crippen LogP contribution is -2.51. The van der Waals surface area contributed by atoms with E-state index in [0.717, 1.165) is 5.56 Å². The molecule has 0 saturated carbocycles. The molecule has 0 spiro atoms. The molecule has 0 aromatic carbocycles. The molecule has 1 saturated heterocycles. The van der Waals surface area contributed by atoms with Gasteiger partial charge in [-0.2, -0.15) is 4.31 Å². The zero-order chi connectivity index (χ0) is 19.4. The number of pyridine rings is 1. The highest BCUT2D eigenvalue weighted by molar-refractivity contribution is 7.89. The van der Waals surface area contributed by atoms with E-state index in [1.54, 1.807) is 30.3 Å². The zero-order valence-corrected chi connectivity index (χ0v) is 16.0. The van der Waals surface area contributed by atoms with Crippen LogP contribution in [0.1, 0.15) is 5.69 Å². The number of rotatable bonds is 5. The van der Waals surface area contributed by atoms with Crippen LogP contribution in [0.4, 0.5) is 0 Å². The van der Waals surface area contributed by atoms with Crippen molar-refractivity contribution in [3.8, 4) is 11.4 Å². The van der Waals surface area contributed by atoms with Gasteiger partial charge in [-0.25, -0.2) is 18.4 Å². The Bertz CT molecular complexity index is 912. The summed E-state index contributed by atoms with van der Waals surface area (Å²) in [6.07, 6.45) is 4.61. The Morgan fingerprint density at radius 1 is 1.22 bits per heavy atom. The molecule has 0 aliphatic carbocycles. The molecule has 1 aliphatic rings. The van der Waals surface area contributed by atoms with E-state index in [1.165, 1.54) is 17.6 Å². The third-order valence-electron chi connectivity index (χ3n) is 4.33. The lowest BCUT2D eigenvalue weighted by Gasteiger charge is -2.34. The maximum atomic E-state index is 13.0. The van der Waals surface area contributed by atoms with Gasteiger partial charge < -0.3 is 9.64 Å². The first-order valence-electron chi connectivity index (χ1n) is 8.44. The van der Waals surface area contributed by atoms with Gasteiger partial charge in [0, 0.05) is 51.2 Å². The molecule has 0 atom stereocenters. The molecule has 10 heteroatoms. The second-order valence-corrected chi connectivity index (χ2v) is 8.01. The number of carbonyl (C=O) groups excluding carboxylic acids is 1. The summed E-state index contributed by atoms with van der Waals surface area (Å²) < 4.78 is 32.1. The molecule has 144 valence electrons. The number of hydrogen-bond donors (Lipinski definition) is 0. The fourth-order valence-corrected chi connectivity index (χ4v) is 4.40. The van der Waals surface area contributed by atoms with Gasteiger partial charge in [-0.3, -0.25) is 9.78 Å². The SMILES string of the molecule is COCC(=O)N1CCN(S(=O)(=O)c2cnc(-c3cccnc3)nc2C)CC1. The van der Waals surface area contributed by atoms with Crippen LogP contribution in [0.15, 0.2) is 35.6 Å². The number of sulfonamides is 1. The first-order chi connectivity index (χ1) is 12.9. The van der Waals surface area contributed by atoms with Crippen molar-refractivity contribution in [1.82, 2.24) is 24.2 Å². The van der Waals surface area contributed by atoms with Gasteiger partial charge >= 0.3 is 0 Å². The van der Waals surface area contributed by atoms with Gasteiger partial charge in [-0.1, -0.05) is 0 Å². The summed E-state index contributed by atoms with van der Waals surface area (Å²) in [4.78, 5) is 26.1. The summed E-state index contributed by atoms with van der Waals surface area (Å²) in [6.45, 7) is 2.75. The van der Waals surface area contributed by atoms with E-state index in [2.05, 4.69) is 15.0 Å². The molecule has 2 aromatic heterocycles. The van der Waals surface area contributed by atoms with E-state index >= 15 is 0 Å². The van der Waals surface area contributed by atoms with Gasteiger partial charge in [0.05, 0.1) is 11.9 Å². The van der Waals surface area contributed by atoms with Crippen molar-refractivity contribution in [2.24, 2.45) is 0 Å². The van der Waals surface area contributed by atoms with Gasteiger partial charge in [0.1, 0.15) is 11.5 Å². The van der Waals surface area contributed by atoms with Crippen LogP contribution in [0, 0.1) is 6.92 Å². The highest BCUT2D eigenvalue weighted by Crippen LogP contribution is 2.22. The van der Waals surface area contributed by atoms with Crippen LogP contribution in [0.2, 0.25) is 0 Å². The molecule has 1 amide bonds. The average Bonchev–Trinajstić information content (AvgIpc) is 2.68. The summed E-state index contributed by atoms with van der Waals surface area (Å²) >= 11 is 0. The molecule has 0 bridgehead atoms. The number of piperazine rings is 1. The van der Waals surface area contributed by atoms with Crippen LogP contribution in [0.3, 0.4) is 0 Å². The summed E-state index contributed by atoms with van der Waals surface area (Å²) in [5, 5.41) is 0. The standard InChI is InChI=1S/C17H21N5O4S/c1-13-15(11-19-17(20-13)14-4-3-5-18-10-14)27(24,25)22-8-6-21(7-9-22)16(23)12-26-2/h3-5,10-11H,6-9,12H2,1-2H3. The number of carbonyl (C=O) groups is 1. The minimum absolute atomic E-state index is 0.00446. The quantitative estimate of drug-likeness (QED) is 0.723. The van der Waals surface area contributed by atoms with Crippen LogP contribution >= 0.6 is 0 Å². The normalized spacial score (nSPS) is 15.7. The summed E-state index contributed by atoms with van der Waals surface area (Å²) in [5.41, 5.74) is 1.09. The van der Waals surface area contributed by atoms with Gasteiger partial charge in [0.15, 0.2) is 5.82 Å². The molecule has 0 radical (unpaired) electrons. The fourth-order valence-electron chi connectivity index (χ4n) is 2.88. The number of aryl methyl sites for hydroxylation is 1. The second-order valence-electron chi connectivity index (χ2n) is 6.10. The highest BCUT2D eigenvalue weighted by Gasteiger charge is 2.31. The molecular formula is C17H21N5O4S. The van der Waals surface area contributed by atoms with Crippen LogP contribution in [0.5, 0.6) is 0 Å². The summed E-state index contributed by atoms with van der Waals surface area (Å²) in [6, 6.07) is 3.58. The van der Waals surface area contributed by atoms with E-state index in [4.69, 9.17) is 4.74 Å². The summed E-state index contributed by atoms with van der Waals surface area (Å²) in [7, 11) is -2.27. The Morgan fingerprint density at radius 2 is 1.96 bits per heavy atom. The molecule has 0 unspecified atom stereocenters. The smallest absolute Gasteiger partial charge is 0.248 e. The lowest BCUT2D eigenvalue weighted by molar-refractivity contribution is -0.136. The molecule has 3 rings (SSSR count). The van der Waals surface area contributed by atoms with Crippen molar-refractivity contribution < 1.29 is 17.9 Å². The first kappa shape index (κ1) is 19.3. The molecule has 27 heavy (non-hydrogen) atoms. The van der Waals surface area contributed by atoms with Gasteiger partial charge in [-0.05, 0) is 19.1 Å². The maximum Gasteiger partial charge on any atom is 0.248 e. The van der Waals surface area contributed by atoms with Crippen molar-refractivity contribution in [3.63, 3.8) is 0 Å². The predicted molar refractivity (Wildman–Crippen MR) is 97.2 cm³/mol. The number of amides is 1. The first-order valence-corrected chi connectivity index (χ1v) is 9.88. The van der Waals surface area contributed by atoms with Crippen molar-refractivity contribution >= 4 is 15.9 Å². The van der Waals surface area contributed by atoms with Crippen LogP contribution in [-0.2, 0) is 19.6 Å². The molecule has 9 nitrogen and oxygen atoms in total. The van der Waals surface area contributed by atoms with Crippen molar-refractivity contribution in [3.05, 3.63) is 36.4 Å². The average molecular weight is 391 g/mol. The molecule has 0 N–H and O–H groups in total. The van der Waals surface area contributed by atoms with Crippen LogP contribution < -0.4 is 0 Å². The Kier molecular flexibility index (Phi) is 5.78. The zero-order valence-electron chi connectivity index (χ0n) is 15.2. The van der Waals surface area contributed by atoms with Crippen LogP contribution in [-0.4, -0.2) is 78.4 Å². The lowest BCUT2D eigenvalue weighted by atomic mass is 10.2. The van der Waals surface area contributed by atoms with Gasteiger partial charge in [0.2, 0.25) is 15.9 Å². The Morgan fingerprint density at radius 3 is 2.56 bits per heavy atom. The molecular weight excluding hydrogens is 370 g/mol. The monoisotopic (exact) mass is 391 g/mol. The molecule has 3 heterocycles. The number of ether oxygens (including phenoxy) is 1. The predicted octanol–water partition coefficient (Wildman–Crippen LogP) is 0.326. The van der Waals surface area contributed by atoms with E-state index in [-0.39, 0.29) is 30.5 Å². The Labute approximate surface area is 158 Å². The van der Waals surface area contributed by atoms with Crippen molar-refractivity contribution in [2.75, 3.05) is 39.9 Å². The highest BCUT2D eigenvalue weighted by atomic mass is 32.2. The van der Waals surface area contributed by atoms with Gasteiger partial charge in [0.25, 0.3) is 0 Å². The third-order valence-corrected chi connectivity index (χ3v) is 6.33. The van der Waals surface area contributed by atoms with E-state index in [9.17, 15) is 13.2 Å². The number of methoxy groups -OCH3 is 1. The topological polar surface area (TPSA) is 106 Å². The van der Waals surface area contributed by atoms with Crippen LogP contribution in [0.25, 0.3) is 11.4 Å². The van der Waals surface area contributed by atoms with E-state index in [1.807, 2.05) is 6.07 Å². The molecule has 1 aliphatic heterocycles. The Balaban J connectivity index is 1.77. The van der Waals surface area contributed by atoms with Crippen molar-refractivity contribution in [1.29, 1.82) is 0 Å². The maximum absolute atomic E-state index is 13.0. The second kappa shape index (κ2) is 8.07. The minimum Gasteiger partial charge on any atom is -0.375 e. The van der Waals surface area contributed by atoms with Crippen molar-refractivity contribution in [2.45, 2.75) is 11.8 Å². The van der Waals surface area contributed by atoms with E-state index in [0.29, 0.717) is 24.6 Å². The Hall–Kier alpha value is -2.43. The fraction of sp³-hybridized carbons (Fsp3) is 0.412. The number of hydrogen-bond acceptors (Lipinski definition) is 7. The molecule has 1 fully saturated rings. The molecule has 2 aromatic rings. The van der Waals surface area contributed by atoms with Gasteiger partial charge in [-0.15, -0.1) is 0 Å². The summed E-state index contributed by atoms with van der Waals surface area (Å²) in [5.74, 6) is 0.282. The van der Waals surface area contributed by atoms with E-state index < -0.39 is 10.0 Å².